The molecule has 0 aliphatic heterocycles. The molecule has 1 aromatic rings. The van der Waals surface area contributed by atoms with Gasteiger partial charge in [0.2, 0.25) is 0 Å². The molecule has 0 bridgehead atoms. The lowest BCUT2D eigenvalue weighted by Gasteiger charge is -2.05. The van der Waals surface area contributed by atoms with Gasteiger partial charge in [0.15, 0.2) is 0 Å². The summed E-state index contributed by atoms with van der Waals surface area (Å²) in [7, 11) is -3.52. The average molecular weight is 215 g/mol. The summed E-state index contributed by atoms with van der Waals surface area (Å²) in [5.74, 6) is 0. The van der Waals surface area contributed by atoms with Crippen LogP contribution in [0.25, 0.3) is 0 Å². The highest BCUT2D eigenvalue weighted by Crippen LogP contribution is 2.10. The molecule has 0 aromatic heterocycles. The third-order valence-corrected chi connectivity index (χ3v) is 2.82. The Morgan fingerprint density at radius 1 is 1.43 bits per heavy atom. The molecule has 0 radical (unpaired) electrons. The highest BCUT2D eigenvalue weighted by atomic mass is 32.2. The second-order valence-electron chi connectivity index (χ2n) is 2.84. The molecule has 4 nitrogen and oxygen atoms in total. The normalized spacial score (nSPS) is 11.6. The quantitative estimate of drug-likeness (QED) is 0.768. The summed E-state index contributed by atoms with van der Waals surface area (Å²) in [4.78, 5) is 6.89. The van der Waals surface area contributed by atoms with E-state index >= 15 is 0 Å². The van der Waals surface area contributed by atoms with Gasteiger partial charge in [-0.2, -0.15) is 0 Å². The van der Waals surface area contributed by atoms with Crippen molar-refractivity contribution >= 4 is 10.0 Å². The van der Waals surface area contributed by atoms with Gasteiger partial charge in [0.25, 0.3) is 10.0 Å². The van der Waals surface area contributed by atoms with Crippen LogP contribution in [0.1, 0.15) is 12.5 Å². The summed E-state index contributed by atoms with van der Waals surface area (Å²) in [6, 6.07) is 6.63. The first-order chi connectivity index (χ1) is 6.56. The Morgan fingerprint density at radius 2 is 2.14 bits per heavy atom. The smallest absolute Gasteiger partial charge is 0.262 e. The van der Waals surface area contributed by atoms with Crippen LogP contribution < -0.4 is 4.89 Å². The third-order valence-electron chi connectivity index (χ3n) is 1.61. The van der Waals surface area contributed by atoms with Crippen molar-refractivity contribution in [3.05, 3.63) is 29.8 Å². The third kappa shape index (κ3) is 2.80. The van der Waals surface area contributed by atoms with E-state index in [9.17, 15) is 8.42 Å². The summed E-state index contributed by atoms with van der Waals surface area (Å²) < 4.78 is 23.0. The minimum atomic E-state index is -3.52. The molecule has 0 unspecified atom stereocenters. The zero-order chi connectivity index (χ0) is 10.6. The minimum Gasteiger partial charge on any atom is -0.287 e. The van der Waals surface area contributed by atoms with E-state index in [1.807, 2.05) is 17.9 Å². The van der Waals surface area contributed by atoms with Crippen molar-refractivity contribution in [3.8, 4) is 0 Å². The maximum atomic E-state index is 11.5. The molecule has 1 aromatic carbocycles. The molecule has 78 valence electrons. The van der Waals surface area contributed by atoms with Crippen LogP contribution in [0.5, 0.6) is 0 Å². The molecule has 1 N–H and O–H groups in total. The SMILES string of the molecule is CCONS(=O)(=O)c1cccc(C)c1. The fourth-order valence-corrected chi connectivity index (χ4v) is 1.94. The largest absolute Gasteiger partial charge is 0.287 e. The van der Waals surface area contributed by atoms with E-state index in [0.717, 1.165) is 5.56 Å². The van der Waals surface area contributed by atoms with Gasteiger partial charge in [-0.1, -0.05) is 17.0 Å². The van der Waals surface area contributed by atoms with Crippen LogP contribution in [0, 0.1) is 6.92 Å². The molecule has 0 aliphatic rings. The van der Waals surface area contributed by atoms with Crippen molar-refractivity contribution < 1.29 is 13.3 Å². The molecule has 0 fully saturated rings. The topological polar surface area (TPSA) is 55.4 Å². The first-order valence-electron chi connectivity index (χ1n) is 4.26. The number of sulfonamides is 1. The zero-order valence-corrected chi connectivity index (χ0v) is 8.97. The number of hydrogen-bond donors (Lipinski definition) is 1. The van der Waals surface area contributed by atoms with Crippen LogP contribution in [0.15, 0.2) is 29.2 Å². The van der Waals surface area contributed by atoms with Crippen LogP contribution >= 0.6 is 0 Å². The zero-order valence-electron chi connectivity index (χ0n) is 8.15. The highest BCUT2D eigenvalue weighted by molar-refractivity contribution is 7.89. The van der Waals surface area contributed by atoms with E-state index in [4.69, 9.17) is 0 Å². The van der Waals surface area contributed by atoms with E-state index < -0.39 is 10.0 Å². The van der Waals surface area contributed by atoms with Crippen molar-refractivity contribution in [2.75, 3.05) is 6.61 Å². The predicted molar refractivity (Wildman–Crippen MR) is 53.1 cm³/mol. The molecular weight excluding hydrogens is 202 g/mol. The van der Waals surface area contributed by atoms with Crippen LogP contribution in [0.2, 0.25) is 0 Å². The lowest BCUT2D eigenvalue weighted by atomic mass is 10.2. The lowest BCUT2D eigenvalue weighted by molar-refractivity contribution is 0.105. The molecular formula is C9H13NO3S. The van der Waals surface area contributed by atoms with Gasteiger partial charge in [-0.3, -0.25) is 4.84 Å². The maximum absolute atomic E-state index is 11.5. The fourth-order valence-electron chi connectivity index (χ4n) is 0.967. The van der Waals surface area contributed by atoms with Gasteiger partial charge in [-0.05, 0) is 31.5 Å². The number of rotatable bonds is 4. The Balaban J connectivity index is 2.93. The summed E-state index contributed by atoms with van der Waals surface area (Å²) in [5.41, 5.74) is 0.893. The van der Waals surface area contributed by atoms with Gasteiger partial charge in [-0.15, -0.1) is 0 Å². The number of aryl methyl sites for hydroxylation is 1. The van der Waals surface area contributed by atoms with Gasteiger partial charge in [0, 0.05) is 0 Å². The van der Waals surface area contributed by atoms with Crippen LogP contribution in [0.4, 0.5) is 0 Å². The van der Waals surface area contributed by atoms with Crippen molar-refractivity contribution in [1.29, 1.82) is 0 Å². The molecule has 0 atom stereocenters. The molecule has 0 amide bonds. The van der Waals surface area contributed by atoms with Gasteiger partial charge in [0.1, 0.15) is 0 Å². The molecule has 14 heavy (non-hydrogen) atoms. The monoisotopic (exact) mass is 215 g/mol. The molecule has 0 saturated heterocycles. The van der Waals surface area contributed by atoms with Crippen LogP contribution in [0.3, 0.4) is 0 Å². The number of nitrogens with one attached hydrogen (secondary N) is 1. The number of benzene rings is 1. The molecule has 0 saturated carbocycles. The Kier molecular flexibility index (Phi) is 3.62. The van der Waals surface area contributed by atoms with Crippen molar-refractivity contribution in [2.45, 2.75) is 18.7 Å². The van der Waals surface area contributed by atoms with Crippen LogP contribution in [-0.2, 0) is 14.9 Å². The maximum Gasteiger partial charge on any atom is 0.262 e. The molecule has 0 spiro atoms. The first kappa shape index (κ1) is 11.2. The molecule has 5 heteroatoms. The van der Waals surface area contributed by atoms with E-state index in [-0.39, 0.29) is 4.90 Å². The second-order valence-corrected chi connectivity index (χ2v) is 4.48. The summed E-state index contributed by atoms with van der Waals surface area (Å²) in [6.45, 7) is 3.84. The Bertz CT molecular complexity index is 400. The second kappa shape index (κ2) is 4.54. The summed E-state index contributed by atoms with van der Waals surface area (Å²) in [5, 5.41) is 0. The van der Waals surface area contributed by atoms with Gasteiger partial charge < -0.3 is 0 Å². The van der Waals surface area contributed by atoms with Crippen molar-refractivity contribution in [3.63, 3.8) is 0 Å². The first-order valence-corrected chi connectivity index (χ1v) is 5.75. The number of hydrogen-bond acceptors (Lipinski definition) is 3. The molecule has 0 aliphatic carbocycles. The summed E-state index contributed by atoms with van der Waals surface area (Å²) >= 11 is 0. The molecule has 0 heterocycles. The molecule has 1 rings (SSSR count). The van der Waals surface area contributed by atoms with E-state index in [1.54, 1.807) is 19.1 Å². The lowest BCUT2D eigenvalue weighted by Crippen LogP contribution is -2.23. The Morgan fingerprint density at radius 3 is 2.71 bits per heavy atom. The average Bonchev–Trinajstić information content (AvgIpc) is 2.15. The highest BCUT2D eigenvalue weighted by Gasteiger charge is 2.12. The van der Waals surface area contributed by atoms with Gasteiger partial charge >= 0.3 is 0 Å². The van der Waals surface area contributed by atoms with Crippen molar-refractivity contribution in [2.24, 2.45) is 0 Å². The van der Waals surface area contributed by atoms with Gasteiger partial charge in [-0.25, -0.2) is 8.42 Å². The fraction of sp³-hybridized carbons (Fsp3) is 0.333. The van der Waals surface area contributed by atoms with Crippen molar-refractivity contribution in [1.82, 2.24) is 4.89 Å². The van der Waals surface area contributed by atoms with Gasteiger partial charge in [0.05, 0.1) is 11.5 Å². The summed E-state index contributed by atoms with van der Waals surface area (Å²) in [6.07, 6.45) is 0. The van der Waals surface area contributed by atoms with E-state index in [1.165, 1.54) is 6.07 Å². The predicted octanol–water partition coefficient (Wildman–Crippen LogP) is 1.22. The van der Waals surface area contributed by atoms with E-state index in [0.29, 0.717) is 6.61 Å². The van der Waals surface area contributed by atoms with E-state index in [2.05, 4.69) is 4.84 Å². The van der Waals surface area contributed by atoms with Crippen LogP contribution in [-0.4, -0.2) is 15.0 Å². The standard InChI is InChI=1S/C9H13NO3S/c1-3-13-10-14(11,12)9-6-4-5-8(2)7-9/h4-7,10H,3H2,1-2H3. The Hall–Kier alpha value is -0.910. The minimum absolute atomic E-state index is 0.214. The Labute approximate surface area is 83.9 Å².